The summed E-state index contributed by atoms with van der Waals surface area (Å²) in [6.45, 7) is 12.4. The summed E-state index contributed by atoms with van der Waals surface area (Å²) in [5.41, 5.74) is 1.23. The van der Waals surface area contributed by atoms with Crippen LogP contribution in [0.2, 0.25) is 0 Å². The molecule has 0 aliphatic rings. The monoisotopic (exact) mass is 168 g/mol. The van der Waals surface area contributed by atoms with E-state index in [2.05, 4.69) is 46.4 Å². The van der Waals surface area contributed by atoms with Gasteiger partial charge in [0.05, 0.1) is 0 Å². The van der Waals surface area contributed by atoms with Gasteiger partial charge in [-0.1, -0.05) is 64.8 Å². The molecule has 0 N–H and O–H groups in total. The highest BCUT2D eigenvalue weighted by Crippen LogP contribution is 1.99. The minimum absolute atomic E-state index is 1.07. The van der Waals surface area contributed by atoms with E-state index in [4.69, 9.17) is 0 Å². The van der Waals surface area contributed by atoms with Crippen LogP contribution in [-0.2, 0) is 0 Å². The molecule has 0 heteroatoms. The molecule has 0 aliphatic heterocycles. The lowest BCUT2D eigenvalue weighted by Gasteiger charge is -1.89. The zero-order valence-corrected chi connectivity index (χ0v) is 9.19. The van der Waals surface area contributed by atoms with Gasteiger partial charge in [-0.05, 0) is 12.8 Å². The predicted molar refractivity (Wildman–Crippen MR) is 59.4 cm³/mol. The molecule has 0 aromatic heterocycles. The summed E-state index contributed by atoms with van der Waals surface area (Å²) < 4.78 is 0. The van der Waals surface area contributed by atoms with Gasteiger partial charge in [0.15, 0.2) is 0 Å². The highest BCUT2D eigenvalue weighted by atomic mass is 13.9. The van der Waals surface area contributed by atoms with Crippen molar-refractivity contribution in [2.75, 3.05) is 0 Å². The van der Waals surface area contributed by atoms with Gasteiger partial charge in [0.25, 0.3) is 0 Å². The van der Waals surface area contributed by atoms with E-state index in [0.717, 1.165) is 6.42 Å². The first-order chi connectivity index (χ1) is 5.72. The van der Waals surface area contributed by atoms with E-state index in [1.165, 1.54) is 24.8 Å². The summed E-state index contributed by atoms with van der Waals surface area (Å²) in [6.07, 6.45) is 9.03. The van der Waals surface area contributed by atoms with Crippen LogP contribution in [0.3, 0.4) is 0 Å². The van der Waals surface area contributed by atoms with Crippen molar-refractivity contribution < 1.29 is 0 Å². The second-order valence-corrected chi connectivity index (χ2v) is 2.91. The lowest BCUT2D eigenvalue weighted by Crippen LogP contribution is -1.68. The van der Waals surface area contributed by atoms with Crippen LogP contribution in [0.25, 0.3) is 0 Å². The van der Waals surface area contributed by atoms with Crippen molar-refractivity contribution in [3.8, 4) is 0 Å². The standard InChI is InChI=1S/C9H16.C3H8/c1-4-6-7-8-9(3)5-2;1-3-2/h7-8H,3-6H2,1-2H3;3H2,1-2H3/b8-7-;. The Labute approximate surface area is 78.4 Å². The highest BCUT2D eigenvalue weighted by Gasteiger charge is 1.78. The Bertz CT molecular complexity index is 109. The third kappa shape index (κ3) is 16.2. The van der Waals surface area contributed by atoms with E-state index in [-0.39, 0.29) is 0 Å². The molecule has 0 atom stereocenters. The van der Waals surface area contributed by atoms with Crippen LogP contribution < -0.4 is 0 Å². The van der Waals surface area contributed by atoms with Gasteiger partial charge in [-0.25, -0.2) is 0 Å². The number of hydrogen-bond acceptors (Lipinski definition) is 0. The van der Waals surface area contributed by atoms with E-state index in [1.807, 2.05) is 0 Å². The second kappa shape index (κ2) is 13.1. The lowest BCUT2D eigenvalue weighted by atomic mass is 10.2. The quantitative estimate of drug-likeness (QED) is 0.532. The summed E-state index contributed by atoms with van der Waals surface area (Å²) in [6, 6.07) is 0. The Balaban J connectivity index is 0. The molecular weight excluding hydrogens is 144 g/mol. The fourth-order valence-electron chi connectivity index (χ4n) is 0.535. The van der Waals surface area contributed by atoms with Gasteiger partial charge in [-0.15, -0.1) is 0 Å². The molecule has 0 bridgehead atoms. The van der Waals surface area contributed by atoms with Crippen LogP contribution >= 0.6 is 0 Å². The maximum Gasteiger partial charge on any atom is -0.0313 e. The van der Waals surface area contributed by atoms with Crippen LogP contribution in [0.5, 0.6) is 0 Å². The smallest absolute Gasteiger partial charge is 0.0313 e. The average Bonchev–Trinajstić information content (AvgIpc) is 2.06. The summed E-state index contributed by atoms with van der Waals surface area (Å²) in [5.74, 6) is 0. The molecule has 72 valence electrons. The van der Waals surface area contributed by atoms with Crippen molar-refractivity contribution in [2.24, 2.45) is 0 Å². The van der Waals surface area contributed by atoms with E-state index in [0.29, 0.717) is 0 Å². The zero-order chi connectivity index (χ0) is 9.82. The van der Waals surface area contributed by atoms with Gasteiger partial charge < -0.3 is 0 Å². The van der Waals surface area contributed by atoms with Gasteiger partial charge in [0.2, 0.25) is 0 Å². The molecule has 0 rings (SSSR count). The molecule has 0 nitrogen and oxygen atoms in total. The third-order valence-corrected chi connectivity index (χ3v) is 1.26. The van der Waals surface area contributed by atoms with Gasteiger partial charge in [-0.2, -0.15) is 0 Å². The highest BCUT2D eigenvalue weighted by molar-refractivity contribution is 5.13. The van der Waals surface area contributed by atoms with Crippen LogP contribution in [0.15, 0.2) is 24.3 Å². The Hall–Kier alpha value is -0.520. The molecule has 12 heavy (non-hydrogen) atoms. The number of allylic oxidation sites excluding steroid dienone is 3. The molecular formula is C12H24. The average molecular weight is 168 g/mol. The van der Waals surface area contributed by atoms with E-state index in [1.54, 1.807) is 0 Å². The molecule has 0 aromatic carbocycles. The summed E-state index contributed by atoms with van der Waals surface area (Å²) in [4.78, 5) is 0. The van der Waals surface area contributed by atoms with Crippen LogP contribution in [0.1, 0.15) is 53.4 Å². The van der Waals surface area contributed by atoms with Crippen molar-refractivity contribution in [3.63, 3.8) is 0 Å². The predicted octanol–water partition coefficient (Wildman–Crippen LogP) is 4.73. The SMILES string of the molecule is C=C(/C=C\CCC)CC.CCC. The van der Waals surface area contributed by atoms with Crippen molar-refractivity contribution >= 4 is 0 Å². The fourth-order valence-corrected chi connectivity index (χ4v) is 0.535. The Morgan fingerprint density at radius 1 is 1.17 bits per heavy atom. The summed E-state index contributed by atoms with van der Waals surface area (Å²) in [7, 11) is 0. The molecule has 0 fully saturated rings. The van der Waals surface area contributed by atoms with Crippen molar-refractivity contribution in [3.05, 3.63) is 24.3 Å². The van der Waals surface area contributed by atoms with E-state index >= 15 is 0 Å². The molecule has 0 aromatic rings. The molecule has 0 saturated heterocycles. The normalized spacial score (nSPS) is 9.33. The van der Waals surface area contributed by atoms with Gasteiger partial charge in [0, 0.05) is 0 Å². The molecule has 0 spiro atoms. The zero-order valence-electron chi connectivity index (χ0n) is 9.19. The van der Waals surface area contributed by atoms with Crippen LogP contribution in [-0.4, -0.2) is 0 Å². The number of unbranched alkanes of at least 4 members (excludes halogenated alkanes) is 1. The fraction of sp³-hybridized carbons (Fsp3) is 0.667. The van der Waals surface area contributed by atoms with Crippen LogP contribution in [0.4, 0.5) is 0 Å². The molecule has 0 radical (unpaired) electrons. The van der Waals surface area contributed by atoms with Crippen molar-refractivity contribution in [1.29, 1.82) is 0 Å². The maximum absolute atomic E-state index is 3.86. The number of hydrogen-bond donors (Lipinski definition) is 0. The Morgan fingerprint density at radius 3 is 2.00 bits per heavy atom. The molecule has 0 saturated carbocycles. The second-order valence-electron chi connectivity index (χ2n) is 2.91. The lowest BCUT2D eigenvalue weighted by molar-refractivity contribution is 0.956. The molecule has 0 aliphatic carbocycles. The minimum Gasteiger partial charge on any atom is -0.0959 e. The third-order valence-electron chi connectivity index (χ3n) is 1.26. The van der Waals surface area contributed by atoms with Crippen LogP contribution in [0, 0.1) is 0 Å². The van der Waals surface area contributed by atoms with Gasteiger partial charge in [-0.3, -0.25) is 0 Å². The largest absolute Gasteiger partial charge is 0.0959 e. The Kier molecular flexibility index (Phi) is 15.3. The van der Waals surface area contributed by atoms with Crippen molar-refractivity contribution in [2.45, 2.75) is 53.4 Å². The Morgan fingerprint density at radius 2 is 1.67 bits per heavy atom. The number of rotatable bonds is 4. The molecule has 0 unspecified atom stereocenters. The van der Waals surface area contributed by atoms with Crippen molar-refractivity contribution in [1.82, 2.24) is 0 Å². The summed E-state index contributed by atoms with van der Waals surface area (Å²) in [5, 5.41) is 0. The topological polar surface area (TPSA) is 0 Å². The first-order valence-electron chi connectivity index (χ1n) is 5.07. The first kappa shape index (κ1) is 14.0. The minimum atomic E-state index is 1.07. The van der Waals surface area contributed by atoms with Gasteiger partial charge in [0.1, 0.15) is 0 Å². The summed E-state index contributed by atoms with van der Waals surface area (Å²) >= 11 is 0. The molecule has 0 heterocycles. The van der Waals surface area contributed by atoms with E-state index < -0.39 is 0 Å². The van der Waals surface area contributed by atoms with Gasteiger partial charge >= 0.3 is 0 Å². The molecule has 0 amide bonds. The maximum atomic E-state index is 3.86. The van der Waals surface area contributed by atoms with E-state index in [9.17, 15) is 0 Å². The first-order valence-corrected chi connectivity index (χ1v) is 5.07.